The molecule has 80 valence electrons. The summed E-state index contributed by atoms with van der Waals surface area (Å²) in [4.78, 5) is 7.17. The smallest absolute Gasteiger partial charge is 0.133 e. The molecule has 0 aromatic carbocycles. The van der Waals surface area contributed by atoms with Crippen molar-refractivity contribution in [3.8, 4) is 9.88 Å². The average Bonchev–Trinajstić information content (AvgIpc) is 2.72. The van der Waals surface area contributed by atoms with E-state index in [-0.39, 0.29) is 6.04 Å². The summed E-state index contributed by atoms with van der Waals surface area (Å²) in [7, 11) is 0. The normalized spacial score (nSPS) is 13.0. The van der Waals surface area contributed by atoms with Gasteiger partial charge in [0.15, 0.2) is 0 Å². The quantitative estimate of drug-likeness (QED) is 0.892. The van der Waals surface area contributed by atoms with Crippen LogP contribution < -0.4 is 5.73 Å². The zero-order valence-electron chi connectivity index (χ0n) is 8.86. The first-order chi connectivity index (χ1) is 7.15. The molecule has 0 bridgehead atoms. The monoisotopic (exact) mass is 238 g/mol. The summed E-state index contributed by atoms with van der Waals surface area (Å²) in [6.45, 7) is 4.12. The molecule has 1 atom stereocenters. The van der Waals surface area contributed by atoms with Crippen LogP contribution >= 0.6 is 22.7 Å². The molecule has 2 heterocycles. The van der Waals surface area contributed by atoms with Gasteiger partial charge in [-0.1, -0.05) is 0 Å². The highest BCUT2D eigenvalue weighted by Gasteiger charge is 2.07. The number of rotatable bonds is 3. The van der Waals surface area contributed by atoms with Gasteiger partial charge in [0.2, 0.25) is 0 Å². The van der Waals surface area contributed by atoms with E-state index in [1.807, 2.05) is 6.92 Å². The summed E-state index contributed by atoms with van der Waals surface area (Å²) in [6.07, 6.45) is 0.862. The fourth-order valence-electron chi connectivity index (χ4n) is 1.39. The first-order valence-electron chi connectivity index (χ1n) is 4.92. The van der Waals surface area contributed by atoms with E-state index in [1.165, 1.54) is 9.75 Å². The second-order valence-electron chi connectivity index (χ2n) is 3.74. The summed E-state index contributed by atoms with van der Waals surface area (Å²) < 4.78 is 0. The lowest BCUT2D eigenvalue weighted by molar-refractivity contribution is 0.726. The molecule has 2 nitrogen and oxygen atoms in total. The largest absolute Gasteiger partial charge is 0.328 e. The van der Waals surface area contributed by atoms with Crippen molar-refractivity contribution in [3.63, 3.8) is 0 Å². The van der Waals surface area contributed by atoms with Gasteiger partial charge in [0.1, 0.15) is 5.01 Å². The SMILES string of the molecule is Cc1ccc(-c2nc(CC(C)N)cs2)s1. The highest BCUT2D eigenvalue weighted by molar-refractivity contribution is 7.21. The minimum Gasteiger partial charge on any atom is -0.328 e. The number of thiazole rings is 1. The Morgan fingerprint density at radius 3 is 2.87 bits per heavy atom. The maximum Gasteiger partial charge on any atom is 0.133 e. The predicted molar refractivity (Wildman–Crippen MR) is 67.5 cm³/mol. The van der Waals surface area contributed by atoms with E-state index in [4.69, 9.17) is 5.73 Å². The summed E-state index contributed by atoms with van der Waals surface area (Å²) in [5.74, 6) is 0. The van der Waals surface area contributed by atoms with Gasteiger partial charge in [-0.15, -0.1) is 22.7 Å². The van der Waals surface area contributed by atoms with Gasteiger partial charge in [-0.05, 0) is 26.0 Å². The Bertz CT molecular complexity index is 443. The Morgan fingerprint density at radius 2 is 2.27 bits per heavy atom. The van der Waals surface area contributed by atoms with Gasteiger partial charge >= 0.3 is 0 Å². The van der Waals surface area contributed by atoms with Crippen molar-refractivity contribution in [2.24, 2.45) is 5.73 Å². The molecule has 0 amide bonds. The van der Waals surface area contributed by atoms with E-state index in [0.29, 0.717) is 0 Å². The number of aromatic nitrogens is 1. The Kier molecular flexibility index (Phi) is 3.19. The second kappa shape index (κ2) is 4.43. The first kappa shape index (κ1) is 10.8. The number of nitrogens with two attached hydrogens (primary N) is 1. The Labute approximate surface area is 97.8 Å². The topological polar surface area (TPSA) is 38.9 Å². The zero-order chi connectivity index (χ0) is 10.8. The van der Waals surface area contributed by atoms with Crippen molar-refractivity contribution in [1.29, 1.82) is 0 Å². The van der Waals surface area contributed by atoms with Crippen LogP contribution in [-0.4, -0.2) is 11.0 Å². The lowest BCUT2D eigenvalue weighted by Crippen LogP contribution is -2.17. The molecule has 0 aliphatic rings. The summed E-state index contributed by atoms with van der Waals surface area (Å²) in [6, 6.07) is 4.45. The number of thiophene rings is 1. The van der Waals surface area contributed by atoms with E-state index >= 15 is 0 Å². The molecule has 0 fully saturated rings. The lowest BCUT2D eigenvalue weighted by atomic mass is 10.2. The van der Waals surface area contributed by atoms with Gasteiger partial charge in [-0.2, -0.15) is 0 Å². The molecule has 15 heavy (non-hydrogen) atoms. The molecule has 2 aromatic heterocycles. The maximum absolute atomic E-state index is 5.74. The van der Waals surface area contributed by atoms with Gasteiger partial charge in [0.05, 0.1) is 10.6 Å². The van der Waals surface area contributed by atoms with Crippen LogP contribution in [0.3, 0.4) is 0 Å². The number of hydrogen-bond donors (Lipinski definition) is 1. The van der Waals surface area contributed by atoms with Gasteiger partial charge in [0.25, 0.3) is 0 Å². The van der Waals surface area contributed by atoms with E-state index in [9.17, 15) is 0 Å². The highest BCUT2D eigenvalue weighted by atomic mass is 32.1. The van der Waals surface area contributed by atoms with Crippen LogP contribution in [0.1, 0.15) is 17.5 Å². The van der Waals surface area contributed by atoms with E-state index in [2.05, 4.69) is 29.4 Å². The van der Waals surface area contributed by atoms with Crippen molar-refractivity contribution < 1.29 is 0 Å². The zero-order valence-corrected chi connectivity index (χ0v) is 10.5. The molecule has 2 N–H and O–H groups in total. The molecule has 0 aliphatic heterocycles. The number of aryl methyl sites for hydroxylation is 1. The molecule has 0 saturated carbocycles. The van der Waals surface area contributed by atoms with Crippen molar-refractivity contribution in [2.75, 3.05) is 0 Å². The molecule has 0 spiro atoms. The van der Waals surface area contributed by atoms with Crippen molar-refractivity contribution in [3.05, 3.63) is 28.1 Å². The van der Waals surface area contributed by atoms with Crippen molar-refractivity contribution in [2.45, 2.75) is 26.3 Å². The standard InChI is InChI=1S/C11H14N2S2/c1-7(12)5-9-6-14-11(13-9)10-4-3-8(2)15-10/h3-4,6-7H,5,12H2,1-2H3. The van der Waals surface area contributed by atoms with E-state index in [1.54, 1.807) is 22.7 Å². The molecule has 4 heteroatoms. The van der Waals surface area contributed by atoms with Crippen LogP contribution in [0.25, 0.3) is 9.88 Å². The van der Waals surface area contributed by atoms with Crippen LogP contribution in [0.5, 0.6) is 0 Å². The second-order valence-corrected chi connectivity index (χ2v) is 5.88. The van der Waals surface area contributed by atoms with Crippen LogP contribution in [0.2, 0.25) is 0 Å². The number of hydrogen-bond acceptors (Lipinski definition) is 4. The predicted octanol–water partition coefficient (Wildman–Crippen LogP) is 3.07. The van der Waals surface area contributed by atoms with Crippen molar-refractivity contribution >= 4 is 22.7 Å². The average molecular weight is 238 g/mol. The molecule has 2 aromatic rings. The molecular weight excluding hydrogens is 224 g/mol. The first-order valence-corrected chi connectivity index (χ1v) is 6.61. The van der Waals surface area contributed by atoms with Gasteiger partial charge < -0.3 is 5.73 Å². The summed E-state index contributed by atoms with van der Waals surface area (Å²) >= 11 is 3.49. The van der Waals surface area contributed by atoms with Gasteiger partial charge in [-0.3, -0.25) is 0 Å². The fourth-order valence-corrected chi connectivity index (χ4v) is 3.17. The third-order valence-corrected chi connectivity index (χ3v) is 4.10. The maximum atomic E-state index is 5.74. The van der Waals surface area contributed by atoms with Crippen LogP contribution in [0.15, 0.2) is 17.5 Å². The fraction of sp³-hybridized carbons (Fsp3) is 0.364. The van der Waals surface area contributed by atoms with E-state index < -0.39 is 0 Å². The Morgan fingerprint density at radius 1 is 1.47 bits per heavy atom. The molecule has 2 rings (SSSR count). The molecule has 0 saturated heterocycles. The Hall–Kier alpha value is -0.710. The van der Waals surface area contributed by atoms with Crippen LogP contribution in [-0.2, 0) is 6.42 Å². The van der Waals surface area contributed by atoms with Gasteiger partial charge in [-0.25, -0.2) is 4.98 Å². The Balaban J connectivity index is 2.20. The third kappa shape index (κ3) is 2.65. The van der Waals surface area contributed by atoms with Crippen LogP contribution in [0.4, 0.5) is 0 Å². The summed E-state index contributed by atoms with van der Waals surface area (Å²) in [5.41, 5.74) is 6.85. The third-order valence-electron chi connectivity index (χ3n) is 2.03. The summed E-state index contributed by atoms with van der Waals surface area (Å²) in [5, 5.41) is 3.22. The minimum absolute atomic E-state index is 0.185. The molecule has 1 unspecified atom stereocenters. The highest BCUT2D eigenvalue weighted by Crippen LogP contribution is 2.30. The van der Waals surface area contributed by atoms with E-state index in [0.717, 1.165) is 17.1 Å². The van der Waals surface area contributed by atoms with Gasteiger partial charge in [0, 0.05) is 22.7 Å². The molecule has 0 radical (unpaired) electrons. The molecular formula is C11H14N2S2. The lowest BCUT2D eigenvalue weighted by Gasteiger charge is -1.99. The molecule has 0 aliphatic carbocycles. The van der Waals surface area contributed by atoms with Crippen LogP contribution in [0, 0.1) is 6.92 Å². The van der Waals surface area contributed by atoms with Crippen molar-refractivity contribution in [1.82, 2.24) is 4.98 Å². The number of nitrogens with zero attached hydrogens (tertiary/aromatic N) is 1. The minimum atomic E-state index is 0.185.